The molecule has 0 aromatic heterocycles. The molecular weight excluding hydrogens is 351 g/mol. The first kappa shape index (κ1) is 14.8. The van der Waals surface area contributed by atoms with Crippen molar-refractivity contribution in [1.82, 2.24) is 0 Å². The van der Waals surface area contributed by atoms with Gasteiger partial charge in [0.05, 0.1) is 13.1 Å². The minimum absolute atomic E-state index is 0.116. The molecule has 0 saturated heterocycles. The zero-order valence-corrected chi connectivity index (χ0v) is 13.6. The van der Waals surface area contributed by atoms with Gasteiger partial charge < -0.3 is 10.2 Å². The maximum atomic E-state index is 12.0. The molecule has 2 rings (SSSR count). The molecule has 4 heteroatoms. The van der Waals surface area contributed by atoms with Crippen LogP contribution >= 0.6 is 22.6 Å². The molecule has 0 aliphatic heterocycles. The van der Waals surface area contributed by atoms with Crippen molar-refractivity contribution in [2.75, 3.05) is 18.9 Å². The third-order valence-corrected chi connectivity index (χ3v) is 4.52. The predicted octanol–water partition coefficient (Wildman–Crippen LogP) is 2.08. The van der Waals surface area contributed by atoms with E-state index in [0.29, 0.717) is 12.6 Å². The van der Waals surface area contributed by atoms with Gasteiger partial charge in [0.1, 0.15) is 0 Å². The molecule has 0 spiro atoms. The van der Waals surface area contributed by atoms with Crippen LogP contribution in [0.1, 0.15) is 32.1 Å². The number of nitrogens with one attached hydrogen (secondary N) is 2. The van der Waals surface area contributed by atoms with Crippen molar-refractivity contribution >= 4 is 34.2 Å². The maximum absolute atomic E-state index is 12.0. The largest absolute Gasteiger partial charge is 0.327 e. The van der Waals surface area contributed by atoms with Crippen molar-refractivity contribution in [2.45, 2.75) is 38.1 Å². The molecule has 1 aromatic rings. The Labute approximate surface area is 128 Å². The van der Waals surface area contributed by atoms with Crippen LogP contribution in [0.4, 0.5) is 5.69 Å². The van der Waals surface area contributed by atoms with E-state index in [4.69, 9.17) is 0 Å². The zero-order chi connectivity index (χ0) is 13.7. The number of amides is 1. The Bertz CT molecular complexity index is 430. The lowest BCUT2D eigenvalue weighted by Gasteiger charge is -2.27. The third kappa shape index (κ3) is 4.76. The molecule has 3 nitrogen and oxygen atoms in total. The SMILES string of the molecule is C[NH+](CC(=O)Nc1cccc(I)c1)C1CCCCC1. The van der Waals surface area contributed by atoms with Crippen LogP contribution in [0, 0.1) is 3.57 Å². The topological polar surface area (TPSA) is 33.5 Å². The molecule has 1 unspecified atom stereocenters. The smallest absolute Gasteiger partial charge is 0.279 e. The second-order valence-corrected chi connectivity index (χ2v) is 6.66. The van der Waals surface area contributed by atoms with Gasteiger partial charge in [0, 0.05) is 9.26 Å². The summed E-state index contributed by atoms with van der Waals surface area (Å²) in [6.07, 6.45) is 6.53. The van der Waals surface area contributed by atoms with Crippen molar-refractivity contribution in [3.8, 4) is 0 Å². The van der Waals surface area contributed by atoms with Crippen molar-refractivity contribution in [1.29, 1.82) is 0 Å². The molecule has 1 amide bonds. The first-order valence-electron chi connectivity index (χ1n) is 7.03. The number of rotatable bonds is 4. The Morgan fingerprint density at radius 2 is 2.11 bits per heavy atom. The van der Waals surface area contributed by atoms with E-state index in [1.54, 1.807) is 0 Å². The second-order valence-electron chi connectivity index (χ2n) is 5.42. The fraction of sp³-hybridized carbons (Fsp3) is 0.533. The van der Waals surface area contributed by atoms with Gasteiger partial charge in [-0.3, -0.25) is 4.79 Å². The van der Waals surface area contributed by atoms with E-state index >= 15 is 0 Å². The summed E-state index contributed by atoms with van der Waals surface area (Å²) < 4.78 is 1.14. The van der Waals surface area contributed by atoms with E-state index in [0.717, 1.165) is 9.26 Å². The minimum Gasteiger partial charge on any atom is -0.327 e. The Balaban J connectivity index is 1.83. The normalized spacial score (nSPS) is 18.0. The fourth-order valence-corrected chi connectivity index (χ4v) is 3.31. The van der Waals surface area contributed by atoms with Crippen molar-refractivity contribution < 1.29 is 9.69 Å². The summed E-state index contributed by atoms with van der Waals surface area (Å²) in [6, 6.07) is 8.59. The van der Waals surface area contributed by atoms with Crippen molar-refractivity contribution in [3.05, 3.63) is 27.8 Å². The van der Waals surface area contributed by atoms with Crippen LogP contribution in [0.25, 0.3) is 0 Å². The van der Waals surface area contributed by atoms with Gasteiger partial charge in [-0.2, -0.15) is 0 Å². The lowest BCUT2D eigenvalue weighted by Crippen LogP contribution is -3.14. The average molecular weight is 373 g/mol. The first-order chi connectivity index (χ1) is 9.15. The highest BCUT2D eigenvalue weighted by atomic mass is 127. The van der Waals surface area contributed by atoms with Crippen LogP contribution in [-0.4, -0.2) is 25.5 Å². The molecule has 2 N–H and O–H groups in total. The van der Waals surface area contributed by atoms with Gasteiger partial charge in [-0.25, -0.2) is 0 Å². The highest BCUT2D eigenvalue weighted by Gasteiger charge is 2.23. The molecule has 19 heavy (non-hydrogen) atoms. The van der Waals surface area contributed by atoms with Gasteiger partial charge in [-0.15, -0.1) is 0 Å². The highest BCUT2D eigenvalue weighted by molar-refractivity contribution is 14.1. The molecule has 0 heterocycles. The standard InChI is InChI=1S/C15H21IN2O/c1-18(14-8-3-2-4-9-14)11-15(19)17-13-7-5-6-12(16)10-13/h5-7,10,14H,2-4,8-9,11H2,1H3,(H,17,19)/p+1. The van der Waals surface area contributed by atoms with Gasteiger partial charge in [-0.1, -0.05) is 12.5 Å². The minimum atomic E-state index is 0.116. The maximum Gasteiger partial charge on any atom is 0.279 e. The zero-order valence-electron chi connectivity index (χ0n) is 11.4. The summed E-state index contributed by atoms with van der Waals surface area (Å²) in [7, 11) is 2.14. The molecule has 0 bridgehead atoms. The van der Waals surface area contributed by atoms with Crippen LogP contribution in [-0.2, 0) is 4.79 Å². The van der Waals surface area contributed by atoms with Crippen LogP contribution in [0.2, 0.25) is 0 Å². The molecule has 1 aliphatic carbocycles. The second kappa shape index (κ2) is 7.24. The summed E-state index contributed by atoms with van der Waals surface area (Å²) >= 11 is 2.26. The Hall–Kier alpha value is -0.620. The lowest BCUT2D eigenvalue weighted by molar-refractivity contribution is -0.899. The summed E-state index contributed by atoms with van der Waals surface area (Å²) in [4.78, 5) is 13.4. The molecule has 1 aromatic carbocycles. The van der Waals surface area contributed by atoms with Crippen LogP contribution in [0.15, 0.2) is 24.3 Å². The molecule has 1 atom stereocenters. The van der Waals surface area contributed by atoms with Crippen LogP contribution < -0.4 is 10.2 Å². The average Bonchev–Trinajstić information content (AvgIpc) is 2.39. The number of halogens is 1. The summed E-state index contributed by atoms with van der Waals surface area (Å²) in [5.41, 5.74) is 0.897. The van der Waals surface area contributed by atoms with Crippen LogP contribution in [0.3, 0.4) is 0 Å². The van der Waals surface area contributed by atoms with Gasteiger partial charge >= 0.3 is 0 Å². The number of hydrogen-bond acceptors (Lipinski definition) is 1. The number of likely N-dealkylation sites (N-methyl/N-ethyl adjacent to an activating group) is 1. The molecule has 1 aliphatic rings. The van der Waals surface area contributed by atoms with Crippen molar-refractivity contribution in [2.24, 2.45) is 0 Å². The monoisotopic (exact) mass is 373 g/mol. The van der Waals surface area contributed by atoms with E-state index in [9.17, 15) is 4.79 Å². The fourth-order valence-electron chi connectivity index (χ4n) is 2.76. The molecule has 1 saturated carbocycles. The molecule has 104 valence electrons. The summed E-state index contributed by atoms with van der Waals surface area (Å²) in [6.45, 7) is 0.566. The Morgan fingerprint density at radius 3 is 2.79 bits per heavy atom. The number of hydrogen-bond donors (Lipinski definition) is 2. The van der Waals surface area contributed by atoms with Crippen LogP contribution in [0.5, 0.6) is 0 Å². The van der Waals surface area contributed by atoms with E-state index in [2.05, 4.69) is 35.0 Å². The molecule has 0 radical (unpaired) electrons. The van der Waals surface area contributed by atoms with Crippen molar-refractivity contribution in [3.63, 3.8) is 0 Å². The van der Waals surface area contributed by atoms with Gasteiger partial charge in [0.2, 0.25) is 0 Å². The van der Waals surface area contributed by atoms with E-state index in [-0.39, 0.29) is 5.91 Å². The van der Waals surface area contributed by atoms with E-state index in [1.807, 2.05) is 24.3 Å². The third-order valence-electron chi connectivity index (χ3n) is 3.85. The molecular formula is C15H22IN2O+. The first-order valence-corrected chi connectivity index (χ1v) is 8.11. The number of anilines is 1. The highest BCUT2D eigenvalue weighted by Crippen LogP contribution is 2.15. The predicted molar refractivity (Wildman–Crippen MR) is 86.4 cm³/mol. The Morgan fingerprint density at radius 1 is 1.37 bits per heavy atom. The van der Waals surface area contributed by atoms with E-state index < -0.39 is 0 Å². The number of carbonyl (C=O) groups excluding carboxylic acids is 1. The summed E-state index contributed by atoms with van der Waals surface area (Å²) in [5, 5.41) is 2.99. The van der Waals surface area contributed by atoms with E-state index in [1.165, 1.54) is 37.0 Å². The Kier molecular flexibility index (Phi) is 5.63. The van der Waals surface area contributed by atoms with Gasteiger partial charge in [0.15, 0.2) is 6.54 Å². The lowest BCUT2D eigenvalue weighted by atomic mass is 9.94. The van der Waals surface area contributed by atoms with Gasteiger partial charge in [-0.05, 0) is 66.5 Å². The quantitative estimate of drug-likeness (QED) is 0.779. The number of carbonyl (C=O) groups is 1. The number of benzene rings is 1. The molecule has 1 fully saturated rings. The summed E-state index contributed by atoms with van der Waals surface area (Å²) in [5.74, 6) is 0.116. The van der Waals surface area contributed by atoms with Gasteiger partial charge in [0.25, 0.3) is 5.91 Å². The number of quaternary nitrogens is 1.